The van der Waals surface area contributed by atoms with E-state index < -0.39 is 0 Å². The predicted octanol–water partition coefficient (Wildman–Crippen LogP) is 5.72. The van der Waals surface area contributed by atoms with Crippen molar-refractivity contribution in [2.45, 2.75) is 25.3 Å². The molecule has 0 bridgehead atoms. The number of benzene rings is 3. The summed E-state index contributed by atoms with van der Waals surface area (Å²) < 4.78 is 5.89. The molecule has 29 heavy (non-hydrogen) atoms. The molecule has 1 aliphatic rings. The molecule has 1 aliphatic heterocycles. The molecular formula is C25H25NO2S. The molecule has 0 aromatic heterocycles. The van der Waals surface area contributed by atoms with Crippen molar-refractivity contribution in [2.24, 2.45) is 0 Å². The zero-order valence-corrected chi connectivity index (χ0v) is 17.4. The highest BCUT2D eigenvalue weighted by molar-refractivity contribution is 7.99. The van der Waals surface area contributed by atoms with Crippen LogP contribution < -0.4 is 4.74 Å². The van der Waals surface area contributed by atoms with Crippen LogP contribution in [0.3, 0.4) is 0 Å². The molecule has 4 heteroatoms. The predicted molar refractivity (Wildman–Crippen MR) is 119 cm³/mol. The minimum Gasteiger partial charge on any atom is -0.489 e. The molecule has 1 atom stereocenters. The number of hydrogen-bond acceptors (Lipinski definition) is 3. The number of aryl methyl sites for hydroxylation is 1. The molecule has 4 rings (SSSR count). The van der Waals surface area contributed by atoms with Crippen molar-refractivity contribution in [2.75, 3.05) is 12.3 Å². The van der Waals surface area contributed by atoms with Gasteiger partial charge in [-0.15, -0.1) is 11.8 Å². The van der Waals surface area contributed by atoms with E-state index in [1.54, 1.807) is 0 Å². The summed E-state index contributed by atoms with van der Waals surface area (Å²) in [5.41, 5.74) is 4.30. The van der Waals surface area contributed by atoms with Crippen molar-refractivity contribution in [3.8, 4) is 5.75 Å². The molecule has 3 nitrogen and oxygen atoms in total. The summed E-state index contributed by atoms with van der Waals surface area (Å²) in [4.78, 5) is 15.0. The Hall–Kier alpha value is -2.72. The van der Waals surface area contributed by atoms with Gasteiger partial charge in [-0.05, 0) is 47.4 Å². The minimum atomic E-state index is 0.0523. The molecule has 0 spiro atoms. The molecule has 1 amide bonds. The fourth-order valence-electron chi connectivity index (χ4n) is 3.47. The number of carbonyl (C=O) groups is 1. The topological polar surface area (TPSA) is 29.5 Å². The Bertz CT molecular complexity index is 939. The van der Waals surface area contributed by atoms with Gasteiger partial charge in [0.05, 0.1) is 0 Å². The monoisotopic (exact) mass is 403 g/mol. The third kappa shape index (κ3) is 4.65. The van der Waals surface area contributed by atoms with Gasteiger partial charge in [0.25, 0.3) is 5.91 Å². The van der Waals surface area contributed by atoms with E-state index in [4.69, 9.17) is 4.74 Å². The third-order valence-electron chi connectivity index (χ3n) is 5.17. The van der Waals surface area contributed by atoms with Gasteiger partial charge in [0, 0.05) is 17.9 Å². The van der Waals surface area contributed by atoms with Gasteiger partial charge in [0.2, 0.25) is 0 Å². The van der Waals surface area contributed by atoms with Crippen molar-refractivity contribution in [3.63, 3.8) is 0 Å². The molecule has 148 valence electrons. The lowest BCUT2D eigenvalue weighted by Gasteiger charge is -2.24. The van der Waals surface area contributed by atoms with Crippen LogP contribution in [-0.2, 0) is 13.0 Å². The normalized spacial score (nSPS) is 16.0. The Morgan fingerprint density at radius 3 is 2.38 bits per heavy atom. The molecule has 3 aromatic rings. The summed E-state index contributed by atoms with van der Waals surface area (Å²) >= 11 is 1.81. The number of nitrogens with zero attached hydrogens (tertiary/aromatic N) is 1. The number of amides is 1. The van der Waals surface area contributed by atoms with Crippen molar-refractivity contribution in [3.05, 3.63) is 101 Å². The molecule has 0 saturated carbocycles. The smallest absolute Gasteiger partial charge is 0.255 e. The number of rotatable bonds is 6. The van der Waals surface area contributed by atoms with Gasteiger partial charge >= 0.3 is 0 Å². The quantitative estimate of drug-likeness (QED) is 0.527. The van der Waals surface area contributed by atoms with Crippen molar-refractivity contribution < 1.29 is 9.53 Å². The van der Waals surface area contributed by atoms with Crippen molar-refractivity contribution in [1.29, 1.82) is 0 Å². The molecule has 0 aliphatic carbocycles. The third-order valence-corrected chi connectivity index (χ3v) is 6.44. The second-order valence-electron chi connectivity index (χ2n) is 7.12. The van der Waals surface area contributed by atoms with Crippen molar-refractivity contribution in [1.82, 2.24) is 4.90 Å². The summed E-state index contributed by atoms with van der Waals surface area (Å²) in [6.07, 6.45) is 0.982. The van der Waals surface area contributed by atoms with E-state index in [2.05, 4.69) is 31.2 Å². The standard InChI is InChI=1S/C25H25NO2S/c1-2-19-8-10-21(11-9-19)24(27)26-16-17-29-25(26)22-12-14-23(15-13-22)28-18-20-6-4-3-5-7-20/h3-15,25H,2,16-18H2,1H3. The fraction of sp³-hybridized carbons (Fsp3) is 0.240. The summed E-state index contributed by atoms with van der Waals surface area (Å²) in [5.74, 6) is 1.90. The minimum absolute atomic E-state index is 0.0523. The summed E-state index contributed by atoms with van der Waals surface area (Å²) in [7, 11) is 0. The summed E-state index contributed by atoms with van der Waals surface area (Å²) in [6.45, 7) is 3.45. The van der Waals surface area contributed by atoms with E-state index in [-0.39, 0.29) is 11.3 Å². The first-order chi connectivity index (χ1) is 14.2. The Kier molecular flexibility index (Phi) is 6.20. The number of ether oxygens (including phenoxy) is 1. The van der Waals surface area contributed by atoms with Crippen LogP contribution in [0.1, 0.15) is 39.3 Å². The van der Waals surface area contributed by atoms with Crippen LogP contribution in [0, 0.1) is 0 Å². The lowest BCUT2D eigenvalue weighted by molar-refractivity contribution is 0.0760. The lowest BCUT2D eigenvalue weighted by Crippen LogP contribution is -2.30. The average Bonchev–Trinajstić information content (AvgIpc) is 3.28. The van der Waals surface area contributed by atoms with E-state index in [9.17, 15) is 4.79 Å². The Balaban J connectivity index is 1.43. The molecule has 1 unspecified atom stereocenters. The van der Waals surface area contributed by atoms with Crippen LogP contribution in [0.15, 0.2) is 78.9 Å². The largest absolute Gasteiger partial charge is 0.489 e. The first-order valence-corrected chi connectivity index (χ1v) is 11.1. The number of carbonyl (C=O) groups excluding carboxylic acids is 1. The Labute approximate surface area is 176 Å². The van der Waals surface area contributed by atoms with E-state index in [0.29, 0.717) is 6.61 Å². The van der Waals surface area contributed by atoms with Gasteiger partial charge in [-0.2, -0.15) is 0 Å². The van der Waals surface area contributed by atoms with E-state index in [1.807, 2.05) is 71.3 Å². The maximum Gasteiger partial charge on any atom is 0.255 e. The number of hydrogen-bond donors (Lipinski definition) is 0. The van der Waals surface area contributed by atoms with Crippen LogP contribution in [0.25, 0.3) is 0 Å². The number of thioether (sulfide) groups is 1. The van der Waals surface area contributed by atoms with Crippen LogP contribution >= 0.6 is 11.8 Å². The molecule has 0 N–H and O–H groups in total. The zero-order valence-electron chi connectivity index (χ0n) is 16.6. The van der Waals surface area contributed by atoms with Crippen LogP contribution in [0.2, 0.25) is 0 Å². The fourth-order valence-corrected chi connectivity index (χ4v) is 4.73. The molecule has 1 fully saturated rings. The molecule has 3 aromatic carbocycles. The van der Waals surface area contributed by atoms with Gasteiger partial charge in [0.1, 0.15) is 17.7 Å². The van der Waals surface area contributed by atoms with Gasteiger partial charge < -0.3 is 9.64 Å². The first kappa shape index (κ1) is 19.6. The molecule has 0 radical (unpaired) electrons. The highest BCUT2D eigenvalue weighted by Crippen LogP contribution is 2.39. The van der Waals surface area contributed by atoms with Crippen molar-refractivity contribution >= 4 is 17.7 Å². The Morgan fingerprint density at radius 2 is 1.69 bits per heavy atom. The molecular weight excluding hydrogens is 378 g/mol. The molecule has 1 saturated heterocycles. The van der Waals surface area contributed by atoms with E-state index in [0.717, 1.165) is 41.2 Å². The average molecular weight is 404 g/mol. The second-order valence-corrected chi connectivity index (χ2v) is 8.30. The van der Waals surface area contributed by atoms with Crippen LogP contribution in [-0.4, -0.2) is 23.1 Å². The lowest BCUT2D eigenvalue weighted by atomic mass is 10.1. The van der Waals surface area contributed by atoms with E-state index >= 15 is 0 Å². The van der Waals surface area contributed by atoms with Gasteiger partial charge in [0.15, 0.2) is 0 Å². The highest BCUT2D eigenvalue weighted by Gasteiger charge is 2.31. The Morgan fingerprint density at radius 1 is 0.966 bits per heavy atom. The maximum absolute atomic E-state index is 13.0. The van der Waals surface area contributed by atoms with E-state index in [1.165, 1.54) is 5.56 Å². The van der Waals surface area contributed by atoms with Gasteiger partial charge in [-0.1, -0.05) is 61.5 Å². The van der Waals surface area contributed by atoms with Crippen LogP contribution in [0.4, 0.5) is 0 Å². The maximum atomic E-state index is 13.0. The second kappa shape index (κ2) is 9.19. The summed E-state index contributed by atoms with van der Waals surface area (Å²) in [5, 5.41) is 0.0523. The highest BCUT2D eigenvalue weighted by atomic mass is 32.2. The molecule has 1 heterocycles. The van der Waals surface area contributed by atoms with Crippen LogP contribution in [0.5, 0.6) is 5.75 Å². The van der Waals surface area contributed by atoms with Gasteiger partial charge in [-0.3, -0.25) is 4.79 Å². The zero-order chi connectivity index (χ0) is 20.1. The van der Waals surface area contributed by atoms with Gasteiger partial charge in [-0.25, -0.2) is 0 Å². The first-order valence-electron chi connectivity index (χ1n) is 10.0. The summed E-state index contributed by atoms with van der Waals surface area (Å²) in [6, 6.07) is 26.3. The SMILES string of the molecule is CCc1ccc(C(=O)N2CCSC2c2ccc(OCc3ccccc3)cc2)cc1.